The molecule has 3 aromatic rings. The van der Waals surface area contributed by atoms with Crippen molar-refractivity contribution >= 4 is 16.7 Å². The van der Waals surface area contributed by atoms with Gasteiger partial charge in [-0.15, -0.1) is 0 Å². The number of unbranched alkanes of at least 4 members (excludes halogenated alkanes) is 1. The Labute approximate surface area is 153 Å². The highest BCUT2D eigenvalue weighted by Crippen LogP contribution is 2.34. The standard InChI is InChI=1S/C22H23NO3/c1-3-4-5-16-6-8-17(9-7-16)23-13-19-20(25-14-23)11-10-18-15(2)12-21(24)26-22(18)19/h6-12H,3-5,13-14H2,1-2H3. The van der Waals surface area contributed by atoms with Crippen LogP contribution >= 0.6 is 0 Å². The number of benzene rings is 2. The van der Waals surface area contributed by atoms with Crippen LogP contribution in [0.25, 0.3) is 11.0 Å². The van der Waals surface area contributed by atoms with Crippen LogP contribution in [0, 0.1) is 6.92 Å². The lowest BCUT2D eigenvalue weighted by Gasteiger charge is -2.31. The van der Waals surface area contributed by atoms with E-state index < -0.39 is 0 Å². The van der Waals surface area contributed by atoms with Crippen molar-refractivity contribution in [3.63, 3.8) is 0 Å². The Morgan fingerprint density at radius 1 is 1.12 bits per heavy atom. The molecule has 2 aromatic carbocycles. The molecule has 0 bridgehead atoms. The average molecular weight is 349 g/mol. The third-order valence-corrected chi connectivity index (χ3v) is 5.02. The Morgan fingerprint density at radius 2 is 1.92 bits per heavy atom. The van der Waals surface area contributed by atoms with Crippen LogP contribution in [0.3, 0.4) is 0 Å². The molecule has 1 aliphatic rings. The van der Waals surface area contributed by atoms with Crippen LogP contribution in [0.2, 0.25) is 0 Å². The van der Waals surface area contributed by atoms with Gasteiger partial charge in [0.15, 0.2) is 6.73 Å². The lowest BCUT2D eigenvalue weighted by molar-refractivity contribution is 0.289. The number of anilines is 1. The van der Waals surface area contributed by atoms with Crippen molar-refractivity contribution < 1.29 is 9.15 Å². The monoisotopic (exact) mass is 349 g/mol. The molecule has 0 unspecified atom stereocenters. The maximum atomic E-state index is 11.8. The summed E-state index contributed by atoms with van der Waals surface area (Å²) in [6.07, 6.45) is 3.53. The summed E-state index contributed by atoms with van der Waals surface area (Å²) in [7, 11) is 0. The second-order valence-electron chi connectivity index (χ2n) is 6.91. The quantitative estimate of drug-likeness (QED) is 0.635. The fourth-order valence-electron chi connectivity index (χ4n) is 3.51. The van der Waals surface area contributed by atoms with E-state index in [1.165, 1.54) is 24.5 Å². The zero-order valence-corrected chi connectivity index (χ0v) is 15.2. The van der Waals surface area contributed by atoms with Gasteiger partial charge < -0.3 is 14.1 Å². The molecule has 0 radical (unpaired) electrons. The smallest absolute Gasteiger partial charge is 0.336 e. The van der Waals surface area contributed by atoms with E-state index >= 15 is 0 Å². The molecule has 2 heterocycles. The summed E-state index contributed by atoms with van der Waals surface area (Å²) in [6.45, 7) is 5.29. The zero-order chi connectivity index (χ0) is 18.1. The van der Waals surface area contributed by atoms with Crippen molar-refractivity contribution in [2.75, 3.05) is 11.6 Å². The first-order valence-electron chi connectivity index (χ1n) is 9.18. The molecule has 4 rings (SSSR count). The molecule has 1 aromatic heterocycles. The number of aryl methyl sites for hydroxylation is 2. The van der Waals surface area contributed by atoms with Crippen LogP contribution in [0.5, 0.6) is 5.75 Å². The van der Waals surface area contributed by atoms with E-state index in [4.69, 9.17) is 9.15 Å². The van der Waals surface area contributed by atoms with Gasteiger partial charge in [0.05, 0.1) is 12.1 Å². The first-order valence-corrected chi connectivity index (χ1v) is 9.18. The van der Waals surface area contributed by atoms with Crippen molar-refractivity contribution in [1.29, 1.82) is 0 Å². The van der Waals surface area contributed by atoms with Gasteiger partial charge >= 0.3 is 5.63 Å². The molecule has 4 heteroatoms. The fraction of sp³-hybridized carbons (Fsp3) is 0.318. The predicted octanol–water partition coefficient (Wildman–Crippen LogP) is 4.80. The van der Waals surface area contributed by atoms with Gasteiger partial charge in [0, 0.05) is 17.1 Å². The highest BCUT2D eigenvalue weighted by Gasteiger charge is 2.22. The SMILES string of the molecule is CCCCc1ccc(N2COc3ccc4c(C)cc(=O)oc4c3C2)cc1. The maximum absolute atomic E-state index is 11.8. The van der Waals surface area contributed by atoms with Gasteiger partial charge in [0.25, 0.3) is 0 Å². The first-order chi connectivity index (χ1) is 12.7. The van der Waals surface area contributed by atoms with E-state index in [1.807, 2.05) is 19.1 Å². The van der Waals surface area contributed by atoms with Crippen LogP contribution in [-0.4, -0.2) is 6.73 Å². The van der Waals surface area contributed by atoms with Crippen LogP contribution in [-0.2, 0) is 13.0 Å². The molecular weight excluding hydrogens is 326 g/mol. The van der Waals surface area contributed by atoms with Gasteiger partial charge in [0.2, 0.25) is 0 Å². The van der Waals surface area contributed by atoms with Crippen molar-refractivity contribution in [3.05, 3.63) is 69.6 Å². The first kappa shape index (κ1) is 16.7. The minimum Gasteiger partial charge on any atom is -0.473 e. The number of fused-ring (bicyclic) bond motifs is 3. The van der Waals surface area contributed by atoms with Gasteiger partial charge in [0.1, 0.15) is 11.3 Å². The van der Waals surface area contributed by atoms with Crippen LogP contribution in [0.15, 0.2) is 51.7 Å². The van der Waals surface area contributed by atoms with E-state index in [0.29, 0.717) is 18.9 Å². The average Bonchev–Trinajstić information content (AvgIpc) is 2.66. The van der Waals surface area contributed by atoms with Gasteiger partial charge in [-0.2, -0.15) is 0 Å². The van der Waals surface area contributed by atoms with Crippen molar-refractivity contribution in [3.8, 4) is 5.75 Å². The number of hydrogen-bond acceptors (Lipinski definition) is 4. The summed E-state index contributed by atoms with van der Waals surface area (Å²) >= 11 is 0. The Bertz CT molecular complexity index is 989. The van der Waals surface area contributed by atoms with Gasteiger partial charge in [-0.1, -0.05) is 25.5 Å². The van der Waals surface area contributed by atoms with Crippen LogP contribution in [0.4, 0.5) is 5.69 Å². The summed E-state index contributed by atoms with van der Waals surface area (Å²) in [5.74, 6) is 0.794. The number of ether oxygens (including phenoxy) is 1. The highest BCUT2D eigenvalue weighted by molar-refractivity contribution is 5.85. The number of nitrogens with zero attached hydrogens (tertiary/aromatic N) is 1. The second-order valence-corrected chi connectivity index (χ2v) is 6.91. The van der Waals surface area contributed by atoms with E-state index in [0.717, 1.165) is 34.4 Å². The van der Waals surface area contributed by atoms with E-state index in [9.17, 15) is 4.79 Å². The van der Waals surface area contributed by atoms with Crippen LogP contribution < -0.4 is 15.3 Å². The van der Waals surface area contributed by atoms with Crippen molar-refractivity contribution in [1.82, 2.24) is 0 Å². The Hall–Kier alpha value is -2.75. The topological polar surface area (TPSA) is 42.7 Å². The number of hydrogen-bond donors (Lipinski definition) is 0. The highest BCUT2D eigenvalue weighted by atomic mass is 16.5. The molecule has 4 nitrogen and oxygen atoms in total. The third-order valence-electron chi connectivity index (χ3n) is 5.02. The van der Waals surface area contributed by atoms with Gasteiger partial charge in [-0.25, -0.2) is 4.79 Å². The normalized spacial score (nSPS) is 13.5. The molecule has 0 saturated carbocycles. The fourth-order valence-corrected chi connectivity index (χ4v) is 3.51. The molecule has 0 saturated heterocycles. The Morgan fingerprint density at radius 3 is 2.69 bits per heavy atom. The molecular formula is C22H23NO3. The minimum absolute atomic E-state index is 0.319. The molecule has 26 heavy (non-hydrogen) atoms. The van der Waals surface area contributed by atoms with Crippen LogP contribution in [0.1, 0.15) is 36.5 Å². The summed E-state index contributed by atoms with van der Waals surface area (Å²) in [4.78, 5) is 14.0. The molecule has 0 N–H and O–H groups in total. The minimum atomic E-state index is -0.319. The third kappa shape index (κ3) is 3.07. The Kier molecular flexibility index (Phi) is 4.41. The largest absolute Gasteiger partial charge is 0.473 e. The summed E-state index contributed by atoms with van der Waals surface area (Å²) < 4.78 is 11.5. The molecule has 1 aliphatic heterocycles. The Balaban J connectivity index is 1.66. The van der Waals surface area contributed by atoms with Gasteiger partial charge in [-0.3, -0.25) is 0 Å². The molecule has 0 amide bonds. The van der Waals surface area contributed by atoms with E-state index in [2.05, 4.69) is 36.1 Å². The lowest BCUT2D eigenvalue weighted by Crippen LogP contribution is -2.32. The summed E-state index contributed by atoms with van der Waals surface area (Å²) in [5, 5.41) is 0.962. The summed E-state index contributed by atoms with van der Waals surface area (Å²) in [6, 6.07) is 14.1. The molecule has 0 atom stereocenters. The van der Waals surface area contributed by atoms with E-state index in [-0.39, 0.29) is 5.63 Å². The van der Waals surface area contributed by atoms with Crippen molar-refractivity contribution in [2.45, 2.75) is 39.7 Å². The van der Waals surface area contributed by atoms with Crippen molar-refractivity contribution in [2.24, 2.45) is 0 Å². The lowest BCUT2D eigenvalue weighted by atomic mass is 10.0. The molecule has 0 spiro atoms. The molecule has 134 valence electrons. The summed E-state index contributed by atoms with van der Waals surface area (Å²) in [5.41, 5.74) is 4.66. The predicted molar refractivity (Wildman–Crippen MR) is 104 cm³/mol. The molecule has 0 fully saturated rings. The number of rotatable bonds is 4. The van der Waals surface area contributed by atoms with E-state index in [1.54, 1.807) is 0 Å². The molecule has 0 aliphatic carbocycles. The zero-order valence-electron chi connectivity index (χ0n) is 15.2. The second kappa shape index (κ2) is 6.87. The maximum Gasteiger partial charge on any atom is 0.336 e. The van der Waals surface area contributed by atoms with Gasteiger partial charge in [-0.05, 0) is 55.2 Å².